The van der Waals surface area contributed by atoms with E-state index < -0.39 is 0 Å². The van der Waals surface area contributed by atoms with Crippen LogP contribution in [-0.4, -0.2) is 6.54 Å². The minimum absolute atomic E-state index is 0.480. The Labute approximate surface area is 87.7 Å². The molecular weight excluding hydrogens is 226 g/mol. The summed E-state index contributed by atoms with van der Waals surface area (Å²) in [5.41, 5.74) is 2.94. The zero-order chi connectivity index (χ0) is 9.26. The van der Waals surface area contributed by atoms with Gasteiger partial charge in [-0.2, -0.15) is 0 Å². The molecule has 1 aromatic rings. The van der Waals surface area contributed by atoms with Crippen LogP contribution in [0.15, 0.2) is 22.7 Å². The second-order valence-electron chi connectivity index (χ2n) is 3.59. The second-order valence-corrected chi connectivity index (χ2v) is 4.45. The Balaban J connectivity index is 2.48. The molecule has 1 N–H and O–H groups in total. The Morgan fingerprint density at radius 1 is 1.46 bits per heavy atom. The number of aryl methyl sites for hydroxylation is 1. The van der Waals surface area contributed by atoms with E-state index in [0.29, 0.717) is 6.04 Å². The van der Waals surface area contributed by atoms with Gasteiger partial charge in [0.2, 0.25) is 0 Å². The van der Waals surface area contributed by atoms with Crippen LogP contribution in [0.4, 0.5) is 0 Å². The van der Waals surface area contributed by atoms with Crippen LogP contribution in [0.2, 0.25) is 0 Å². The number of halogens is 1. The van der Waals surface area contributed by atoms with Crippen LogP contribution in [0.25, 0.3) is 0 Å². The number of fused-ring (bicyclic) bond motifs is 1. The number of nitrogens with one attached hydrogen (secondary N) is 1. The quantitative estimate of drug-likeness (QED) is 0.734. The van der Waals surface area contributed by atoms with Gasteiger partial charge in [0.05, 0.1) is 0 Å². The summed E-state index contributed by atoms with van der Waals surface area (Å²) < 4.78 is 1.24. The van der Waals surface area contributed by atoms with Crippen molar-refractivity contribution in [2.75, 3.05) is 6.54 Å². The van der Waals surface area contributed by atoms with Gasteiger partial charge >= 0.3 is 0 Å². The van der Waals surface area contributed by atoms with Crippen LogP contribution in [-0.2, 0) is 6.42 Å². The molecule has 0 saturated heterocycles. The first-order valence-electron chi connectivity index (χ1n) is 4.79. The van der Waals surface area contributed by atoms with Crippen molar-refractivity contribution in [3.63, 3.8) is 0 Å². The summed E-state index contributed by atoms with van der Waals surface area (Å²) in [4.78, 5) is 0. The van der Waals surface area contributed by atoms with Crippen LogP contribution in [0.5, 0.6) is 0 Å². The van der Waals surface area contributed by atoms with Gasteiger partial charge in [-0.15, -0.1) is 0 Å². The van der Waals surface area contributed by atoms with Crippen molar-refractivity contribution in [3.05, 3.63) is 33.8 Å². The van der Waals surface area contributed by atoms with E-state index in [1.165, 1.54) is 28.4 Å². The van der Waals surface area contributed by atoms with E-state index in [4.69, 9.17) is 0 Å². The molecule has 13 heavy (non-hydrogen) atoms. The van der Waals surface area contributed by atoms with E-state index in [9.17, 15) is 0 Å². The fraction of sp³-hybridized carbons (Fsp3) is 0.455. The summed E-state index contributed by atoms with van der Waals surface area (Å²) >= 11 is 3.62. The summed E-state index contributed by atoms with van der Waals surface area (Å²) in [5.74, 6) is 0. The molecule has 1 nitrogen and oxygen atoms in total. The van der Waals surface area contributed by atoms with Crippen LogP contribution in [0.1, 0.15) is 30.5 Å². The van der Waals surface area contributed by atoms with E-state index in [-0.39, 0.29) is 0 Å². The van der Waals surface area contributed by atoms with E-state index in [0.717, 1.165) is 6.54 Å². The van der Waals surface area contributed by atoms with Gasteiger partial charge < -0.3 is 5.32 Å². The number of hydrogen-bond acceptors (Lipinski definition) is 1. The van der Waals surface area contributed by atoms with Crippen LogP contribution in [0, 0.1) is 0 Å². The minimum Gasteiger partial charge on any atom is -0.310 e. The maximum Gasteiger partial charge on any atom is 0.0305 e. The predicted octanol–water partition coefficient (Wildman–Crippen LogP) is 3.05. The molecule has 1 heterocycles. The second kappa shape index (κ2) is 3.81. The molecule has 0 aliphatic carbocycles. The molecule has 0 radical (unpaired) electrons. The van der Waals surface area contributed by atoms with E-state index >= 15 is 0 Å². The highest BCUT2D eigenvalue weighted by Crippen LogP contribution is 2.29. The van der Waals surface area contributed by atoms with Crippen molar-refractivity contribution in [2.24, 2.45) is 0 Å². The Kier molecular flexibility index (Phi) is 2.70. The smallest absolute Gasteiger partial charge is 0.0305 e. The van der Waals surface area contributed by atoms with E-state index in [1.54, 1.807) is 0 Å². The van der Waals surface area contributed by atoms with Gasteiger partial charge in [0, 0.05) is 10.5 Å². The first kappa shape index (κ1) is 9.22. The molecule has 2 heteroatoms. The molecule has 0 amide bonds. The molecular formula is C11H14BrN. The Bertz CT molecular complexity index is 309. The lowest BCUT2D eigenvalue weighted by molar-refractivity contribution is 0.581. The zero-order valence-corrected chi connectivity index (χ0v) is 9.39. The molecule has 0 spiro atoms. The fourth-order valence-corrected chi connectivity index (χ4v) is 2.73. The molecule has 2 rings (SSSR count). The lowest BCUT2D eigenvalue weighted by atomic mass is 10.0. The minimum atomic E-state index is 0.480. The van der Waals surface area contributed by atoms with Gasteiger partial charge in [-0.3, -0.25) is 0 Å². The summed E-state index contributed by atoms with van der Waals surface area (Å²) in [6.07, 6.45) is 2.44. The van der Waals surface area contributed by atoms with Gasteiger partial charge in [0.25, 0.3) is 0 Å². The third-order valence-electron chi connectivity index (χ3n) is 2.65. The van der Waals surface area contributed by atoms with Crippen LogP contribution in [0.3, 0.4) is 0 Å². The molecule has 0 fully saturated rings. The van der Waals surface area contributed by atoms with Gasteiger partial charge in [-0.25, -0.2) is 0 Å². The molecule has 0 aromatic heterocycles. The predicted molar refractivity (Wildman–Crippen MR) is 58.9 cm³/mol. The van der Waals surface area contributed by atoms with Crippen LogP contribution >= 0.6 is 15.9 Å². The SMILES string of the molecule is CC1NCCCc2cccc(Br)c21. The van der Waals surface area contributed by atoms with Crippen molar-refractivity contribution in [3.8, 4) is 0 Å². The third kappa shape index (κ3) is 1.79. The molecule has 1 aliphatic rings. The van der Waals surface area contributed by atoms with Crippen LogP contribution < -0.4 is 5.32 Å². The first-order chi connectivity index (χ1) is 6.29. The lowest BCUT2D eigenvalue weighted by Gasteiger charge is -2.15. The number of hydrogen-bond donors (Lipinski definition) is 1. The molecule has 1 atom stereocenters. The van der Waals surface area contributed by atoms with Gasteiger partial charge in [0.15, 0.2) is 0 Å². The molecule has 1 unspecified atom stereocenters. The van der Waals surface area contributed by atoms with E-state index in [1.807, 2.05) is 0 Å². The fourth-order valence-electron chi connectivity index (χ4n) is 1.98. The number of benzene rings is 1. The average Bonchev–Trinajstić information content (AvgIpc) is 2.29. The highest BCUT2D eigenvalue weighted by atomic mass is 79.9. The molecule has 1 aliphatic heterocycles. The summed E-state index contributed by atoms with van der Waals surface area (Å²) in [6, 6.07) is 6.97. The van der Waals surface area contributed by atoms with Gasteiger partial charge in [0.1, 0.15) is 0 Å². The van der Waals surface area contributed by atoms with Crippen molar-refractivity contribution >= 4 is 15.9 Å². The third-order valence-corrected chi connectivity index (χ3v) is 3.34. The largest absolute Gasteiger partial charge is 0.310 e. The Morgan fingerprint density at radius 3 is 3.15 bits per heavy atom. The van der Waals surface area contributed by atoms with Gasteiger partial charge in [-0.05, 0) is 43.5 Å². The highest BCUT2D eigenvalue weighted by molar-refractivity contribution is 9.10. The Hall–Kier alpha value is -0.340. The summed E-state index contributed by atoms with van der Waals surface area (Å²) in [7, 11) is 0. The first-order valence-corrected chi connectivity index (χ1v) is 5.59. The molecule has 70 valence electrons. The maximum absolute atomic E-state index is 3.62. The molecule has 0 bridgehead atoms. The molecule has 0 saturated carbocycles. The summed E-state index contributed by atoms with van der Waals surface area (Å²) in [6.45, 7) is 3.36. The monoisotopic (exact) mass is 239 g/mol. The van der Waals surface area contributed by atoms with Gasteiger partial charge in [-0.1, -0.05) is 28.1 Å². The summed E-state index contributed by atoms with van der Waals surface area (Å²) in [5, 5.41) is 3.51. The molecule has 1 aromatic carbocycles. The number of rotatable bonds is 0. The van der Waals surface area contributed by atoms with Crippen molar-refractivity contribution in [1.82, 2.24) is 5.32 Å². The zero-order valence-electron chi connectivity index (χ0n) is 7.81. The van der Waals surface area contributed by atoms with Crippen molar-refractivity contribution in [2.45, 2.75) is 25.8 Å². The maximum atomic E-state index is 3.62. The topological polar surface area (TPSA) is 12.0 Å². The van der Waals surface area contributed by atoms with Crippen molar-refractivity contribution in [1.29, 1.82) is 0 Å². The standard InChI is InChI=1S/C11H14BrN/c1-8-11-9(5-3-7-13-8)4-2-6-10(11)12/h2,4,6,8,13H,3,5,7H2,1H3. The lowest BCUT2D eigenvalue weighted by Crippen LogP contribution is -2.18. The highest BCUT2D eigenvalue weighted by Gasteiger charge is 2.15. The van der Waals surface area contributed by atoms with E-state index in [2.05, 4.69) is 46.4 Å². The average molecular weight is 240 g/mol. The Morgan fingerprint density at radius 2 is 2.31 bits per heavy atom. The van der Waals surface area contributed by atoms with Crippen molar-refractivity contribution < 1.29 is 0 Å². The normalized spacial score (nSPS) is 22.2.